The van der Waals surface area contributed by atoms with E-state index in [-0.39, 0.29) is 31.1 Å². The smallest absolute Gasteiger partial charge is 0.306 e. The molecule has 0 aromatic heterocycles. The Morgan fingerprint density at radius 3 is 0.875 bits per heavy atom. The van der Waals surface area contributed by atoms with Gasteiger partial charge in [0.2, 0.25) is 0 Å². The highest BCUT2D eigenvalue weighted by Gasteiger charge is 2.19. The topological polar surface area (TPSA) is 78.9 Å². The maximum absolute atomic E-state index is 12.7. The first-order chi connectivity index (χ1) is 27.2. The summed E-state index contributed by atoms with van der Waals surface area (Å²) < 4.78 is 16.7. The molecule has 0 heterocycles. The van der Waals surface area contributed by atoms with Crippen molar-refractivity contribution >= 4 is 17.9 Å². The van der Waals surface area contributed by atoms with Gasteiger partial charge in [-0.2, -0.15) is 0 Å². The quantitative estimate of drug-likeness (QED) is 0.0347. The Bertz CT molecular complexity index is 854. The fraction of sp³-hybridized carbons (Fsp3) is 0.940. The van der Waals surface area contributed by atoms with Gasteiger partial charge in [0.1, 0.15) is 13.2 Å². The van der Waals surface area contributed by atoms with E-state index in [9.17, 15) is 14.4 Å². The zero-order valence-electron chi connectivity index (χ0n) is 38.3. The molecule has 0 unspecified atom stereocenters. The van der Waals surface area contributed by atoms with Gasteiger partial charge in [-0.1, -0.05) is 234 Å². The van der Waals surface area contributed by atoms with Crippen molar-refractivity contribution < 1.29 is 28.6 Å². The Balaban J connectivity index is 4.25. The number of carbonyl (C=O) groups is 3. The molecule has 0 aliphatic heterocycles. The highest BCUT2D eigenvalue weighted by molar-refractivity contribution is 5.71. The second-order valence-corrected chi connectivity index (χ2v) is 18.1. The number of hydrogen-bond donors (Lipinski definition) is 0. The fourth-order valence-electron chi connectivity index (χ4n) is 7.46. The summed E-state index contributed by atoms with van der Waals surface area (Å²) in [6.07, 6.45) is 42.4. The van der Waals surface area contributed by atoms with E-state index in [0.29, 0.717) is 19.3 Å². The van der Waals surface area contributed by atoms with Crippen molar-refractivity contribution in [2.24, 2.45) is 11.8 Å². The second-order valence-electron chi connectivity index (χ2n) is 18.1. The van der Waals surface area contributed by atoms with Gasteiger partial charge in [0.15, 0.2) is 6.10 Å². The van der Waals surface area contributed by atoms with Crippen LogP contribution in [0.4, 0.5) is 0 Å². The Hall–Kier alpha value is -1.59. The van der Waals surface area contributed by atoms with Gasteiger partial charge >= 0.3 is 17.9 Å². The summed E-state index contributed by atoms with van der Waals surface area (Å²) in [6.45, 7) is 11.3. The van der Waals surface area contributed by atoms with Crippen LogP contribution in [0, 0.1) is 11.8 Å². The molecule has 0 radical (unpaired) electrons. The third-order valence-electron chi connectivity index (χ3n) is 11.2. The van der Waals surface area contributed by atoms with Crippen LogP contribution in [0.3, 0.4) is 0 Å². The Kier molecular flexibility index (Phi) is 41.8. The molecule has 0 saturated heterocycles. The molecule has 6 nitrogen and oxygen atoms in total. The van der Waals surface area contributed by atoms with Crippen LogP contribution in [-0.2, 0) is 28.6 Å². The Labute approximate surface area is 348 Å². The summed E-state index contributed by atoms with van der Waals surface area (Å²) in [6, 6.07) is 0. The average Bonchev–Trinajstić information content (AvgIpc) is 3.16. The molecule has 0 rings (SSSR count). The standard InChI is InChI=1S/C50H96O6/c1-6-7-8-9-10-18-25-30-35-40-48(51)54-43-47(56-50(53)42-37-32-27-22-17-20-24-29-34-39-46(4)5)44-55-49(52)41-36-31-26-21-16-14-12-11-13-15-19-23-28-33-38-45(2)3/h45-47H,6-44H2,1-5H3/t47-/m1/s1. The number of carbonyl (C=O) groups excluding carboxylic acids is 3. The van der Waals surface area contributed by atoms with Gasteiger partial charge in [-0.15, -0.1) is 0 Å². The van der Waals surface area contributed by atoms with E-state index in [1.54, 1.807) is 0 Å². The van der Waals surface area contributed by atoms with Crippen LogP contribution in [0.15, 0.2) is 0 Å². The number of rotatable bonds is 44. The van der Waals surface area contributed by atoms with Crippen molar-refractivity contribution in [2.45, 2.75) is 278 Å². The third kappa shape index (κ3) is 43.5. The normalized spacial score (nSPS) is 12.1. The monoisotopic (exact) mass is 793 g/mol. The SMILES string of the molecule is CCCCCCCCCCCC(=O)OC[C@H](COC(=O)CCCCCCCCCCCCCCCCC(C)C)OC(=O)CCCCCCCCCCCC(C)C. The van der Waals surface area contributed by atoms with E-state index in [4.69, 9.17) is 14.2 Å². The molecule has 0 amide bonds. The summed E-state index contributed by atoms with van der Waals surface area (Å²) in [5, 5.41) is 0. The van der Waals surface area contributed by atoms with Crippen LogP contribution in [-0.4, -0.2) is 37.2 Å². The van der Waals surface area contributed by atoms with Gasteiger partial charge in [0.05, 0.1) is 0 Å². The van der Waals surface area contributed by atoms with Gasteiger partial charge in [0, 0.05) is 19.3 Å². The molecule has 56 heavy (non-hydrogen) atoms. The van der Waals surface area contributed by atoms with Crippen molar-refractivity contribution in [1.29, 1.82) is 0 Å². The minimum atomic E-state index is -0.760. The molecule has 0 fully saturated rings. The maximum Gasteiger partial charge on any atom is 0.306 e. The van der Waals surface area contributed by atoms with E-state index in [1.165, 1.54) is 161 Å². The minimum Gasteiger partial charge on any atom is -0.462 e. The van der Waals surface area contributed by atoms with Crippen molar-refractivity contribution in [3.63, 3.8) is 0 Å². The van der Waals surface area contributed by atoms with E-state index in [0.717, 1.165) is 69.6 Å². The molecule has 1 atom stereocenters. The summed E-state index contributed by atoms with van der Waals surface area (Å²) in [7, 11) is 0. The lowest BCUT2D eigenvalue weighted by Crippen LogP contribution is -2.30. The largest absolute Gasteiger partial charge is 0.462 e. The van der Waals surface area contributed by atoms with Crippen LogP contribution in [0.1, 0.15) is 272 Å². The molecule has 6 heteroatoms. The van der Waals surface area contributed by atoms with Crippen molar-refractivity contribution in [1.82, 2.24) is 0 Å². The van der Waals surface area contributed by atoms with Crippen molar-refractivity contribution in [2.75, 3.05) is 13.2 Å². The first-order valence-corrected chi connectivity index (χ1v) is 24.7. The average molecular weight is 793 g/mol. The molecule has 0 aromatic carbocycles. The van der Waals surface area contributed by atoms with Gasteiger partial charge in [-0.25, -0.2) is 0 Å². The van der Waals surface area contributed by atoms with Crippen LogP contribution in [0.2, 0.25) is 0 Å². The van der Waals surface area contributed by atoms with Gasteiger partial charge in [-0.05, 0) is 31.1 Å². The number of ether oxygens (including phenoxy) is 3. The lowest BCUT2D eigenvalue weighted by Gasteiger charge is -2.18. The lowest BCUT2D eigenvalue weighted by atomic mass is 10.0. The van der Waals surface area contributed by atoms with Crippen molar-refractivity contribution in [3.05, 3.63) is 0 Å². The highest BCUT2D eigenvalue weighted by Crippen LogP contribution is 2.17. The molecule has 332 valence electrons. The van der Waals surface area contributed by atoms with Gasteiger partial charge in [-0.3, -0.25) is 14.4 Å². The van der Waals surface area contributed by atoms with E-state index in [2.05, 4.69) is 34.6 Å². The van der Waals surface area contributed by atoms with Crippen LogP contribution in [0.5, 0.6) is 0 Å². The molecule has 0 aliphatic carbocycles. The molecule has 0 spiro atoms. The van der Waals surface area contributed by atoms with Gasteiger partial charge in [0.25, 0.3) is 0 Å². The third-order valence-corrected chi connectivity index (χ3v) is 11.2. The van der Waals surface area contributed by atoms with Gasteiger partial charge < -0.3 is 14.2 Å². The lowest BCUT2D eigenvalue weighted by molar-refractivity contribution is -0.167. The molecule has 0 aromatic rings. The van der Waals surface area contributed by atoms with Crippen LogP contribution >= 0.6 is 0 Å². The zero-order chi connectivity index (χ0) is 41.2. The predicted molar refractivity (Wildman–Crippen MR) is 238 cm³/mol. The molecule has 0 aliphatic rings. The molecule has 0 saturated carbocycles. The summed E-state index contributed by atoms with van der Waals surface area (Å²) in [4.78, 5) is 37.8. The van der Waals surface area contributed by atoms with E-state index >= 15 is 0 Å². The highest BCUT2D eigenvalue weighted by atomic mass is 16.6. The summed E-state index contributed by atoms with van der Waals surface area (Å²) in [5.74, 6) is 0.796. The molecule has 0 bridgehead atoms. The Morgan fingerprint density at radius 2 is 0.589 bits per heavy atom. The van der Waals surface area contributed by atoms with Crippen molar-refractivity contribution in [3.8, 4) is 0 Å². The zero-order valence-corrected chi connectivity index (χ0v) is 38.3. The van der Waals surface area contributed by atoms with E-state index < -0.39 is 6.10 Å². The molecular weight excluding hydrogens is 697 g/mol. The number of esters is 3. The van der Waals surface area contributed by atoms with Crippen LogP contribution in [0.25, 0.3) is 0 Å². The molecule has 0 N–H and O–H groups in total. The minimum absolute atomic E-state index is 0.0643. The van der Waals surface area contributed by atoms with Crippen LogP contribution < -0.4 is 0 Å². The number of unbranched alkanes of at least 4 members (excludes halogenated alkanes) is 29. The van der Waals surface area contributed by atoms with E-state index in [1.807, 2.05) is 0 Å². The predicted octanol–water partition coefficient (Wildman–Crippen LogP) is 15.8. The second kappa shape index (κ2) is 43.0. The maximum atomic E-state index is 12.7. The molecular formula is C50H96O6. The summed E-state index contributed by atoms with van der Waals surface area (Å²) >= 11 is 0. The number of hydrogen-bond acceptors (Lipinski definition) is 6. The fourth-order valence-corrected chi connectivity index (χ4v) is 7.46. The summed E-state index contributed by atoms with van der Waals surface area (Å²) in [5.41, 5.74) is 0. The Morgan fingerprint density at radius 1 is 0.339 bits per heavy atom. The first-order valence-electron chi connectivity index (χ1n) is 24.7. The first kappa shape index (κ1) is 54.4.